The molecule has 0 spiro atoms. The molecule has 2 amide bonds. The number of halogens is 1. The SMILES string of the molecule is COc1ccc(NC(=O)c2ccc(CN3C(=O)COc4ccc(C(=O)COc5ccccc5F)cc43)o2)cc1. The van der Waals surface area contributed by atoms with E-state index < -0.39 is 17.5 Å². The van der Waals surface area contributed by atoms with Crippen LogP contribution in [0.1, 0.15) is 26.7 Å². The number of hydrogen-bond donors (Lipinski definition) is 1. The highest BCUT2D eigenvalue weighted by Crippen LogP contribution is 2.34. The van der Waals surface area contributed by atoms with Crippen molar-refractivity contribution < 1.29 is 37.4 Å². The summed E-state index contributed by atoms with van der Waals surface area (Å²) in [5, 5.41) is 2.74. The van der Waals surface area contributed by atoms with E-state index in [-0.39, 0.29) is 42.7 Å². The number of furan rings is 1. The number of benzene rings is 3. The summed E-state index contributed by atoms with van der Waals surface area (Å²) >= 11 is 0. The number of hydrogen-bond acceptors (Lipinski definition) is 7. The molecule has 3 aromatic carbocycles. The van der Waals surface area contributed by atoms with Crippen LogP contribution in [-0.2, 0) is 11.3 Å². The van der Waals surface area contributed by atoms with E-state index in [4.69, 9.17) is 18.6 Å². The number of nitrogens with zero attached hydrogens (tertiary/aromatic N) is 1. The molecule has 1 aliphatic rings. The van der Waals surface area contributed by atoms with E-state index in [0.29, 0.717) is 28.6 Å². The minimum atomic E-state index is -0.573. The molecule has 0 radical (unpaired) electrons. The van der Waals surface area contributed by atoms with E-state index in [1.165, 1.54) is 35.2 Å². The number of carbonyl (C=O) groups is 3. The second-order valence-electron chi connectivity index (χ2n) is 8.54. The predicted octanol–water partition coefficient (Wildman–Crippen LogP) is 4.87. The van der Waals surface area contributed by atoms with Crippen LogP contribution >= 0.6 is 0 Å². The molecule has 1 aliphatic heterocycles. The Balaban J connectivity index is 1.29. The fraction of sp³-hybridized carbons (Fsp3) is 0.138. The van der Waals surface area contributed by atoms with Gasteiger partial charge in [0.2, 0.25) is 0 Å². The van der Waals surface area contributed by atoms with Crippen LogP contribution in [0.2, 0.25) is 0 Å². The first-order valence-electron chi connectivity index (χ1n) is 11.9. The summed E-state index contributed by atoms with van der Waals surface area (Å²) in [7, 11) is 1.55. The van der Waals surface area contributed by atoms with E-state index >= 15 is 0 Å². The van der Waals surface area contributed by atoms with Crippen molar-refractivity contribution in [2.45, 2.75) is 6.54 Å². The molecule has 4 aromatic rings. The van der Waals surface area contributed by atoms with Crippen molar-refractivity contribution in [3.8, 4) is 17.2 Å². The monoisotopic (exact) mass is 530 g/mol. The number of fused-ring (bicyclic) bond motifs is 1. The summed E-state index contributed by atoms with van der Waals surface area (Å²) in [6, 6.07) is 20.4. The molecule has 5 rings (SSSR count). The van der Waals surface area contributed by atoms with E-state index in [1.807, 2.05) is 0 Å². The zero-order valence-electron chi connectivity index (χ0n) is 20.8. The predicted molar refractivity (Wildman–Crippen MR) is 139 cm³/mol. The van der Waals surface area contributed by atoms with Crippen LogP contribution < -0.4 is 24.4 Å². The molecule has 39 heavy (non-hydrogen) atoms. The third-order valence-electron chi connectivity index (χ3n) is 5.97. The molecule has 2 heterocycles. The van der Waals surface area contributed by atoms with Crippen molar-refractivity contribution in [3.63, 3.8) is 0 Å². The number of methoxy groups -OCH3 is 1. The molecular formula is C29H23FN2O7. The van der Waals surface area contributed by atoms with Crippen LogP contribution in [0.3, 0.4) is 0 Å². The van der Waals surface area contributed by atoms with Gasteiger partial charge < -0.3 is 23.9 Å². The van der Waals surface area contributed by atoms with Gasteiger partial charge in [-0.05, 0) is 66.7 Å². The van der Waals surface area contributed by atoms with E-state index in [1.54, 1.807) is 55.6 Å². The van der Waals surface area contributed by atoms with Crippen LogP contribution in [0.25, 0.3) is 0 Å². The second-order valence-corrected chi connectivity index (χ2v) is 8.54. The molecule has 1 N–H and O–H groups in total. The maximum Gasteiger partial charge on any atom is 0.291 e. The van der Waals surface area contributed by atoms with Gasteiger partial charge >= 0.3 is 0 Å². The van der Waals surface area contributed by atoms with Gasteiger partial charge in [-0.3, -0.25) is 19.3 Å². The number of ketones is 1. The standard InChI is InChI=1S/C29H23FN2O7/c1-36-20-9-7-19(8-10-20)31-29(35)27-13-11-21(39-27)15-32-23-14-18(6-12-26(23)38-17-28(32)34)24(33)16-37-25-5-3-2-4-22(25)30/h2-14H,15-17H2,1H3,(H,31,35). The lowest BCUT2D eigenvalue weighted by atomic mass is 10.1. The summed E-state index contributed by atoms with van der Waals surface area (Å²) in [6.45, 7) is -0.573. The van der Waals surface area contributed by atoms with Crippen molar-refractivity contribution in [1.82, 2.24) is 0 Å². The number of rotatable bonds is 9. The highest BCUT2D eigenvalue weighted by molar-refractivity contribution is 6.03. The lowest BCUT2D eigenvalue weighted by molar-refractivity contribution is -0.121. The summed E-state index contributed by atoms with van der Waals surface area (Å²) < 4.78 is 35.5. The van der Waals surface area contributed by atoms with Crippen molar-refractivity contribution in [2.75, 3.05) is 30.5 Å². The van der Waals surface area contributed by atoms with Gasteiger partial charge in [-0.25, -0.2) is 4.39 Å². The number of amides is 2. The Morgan fingerprint density at radius 2 is 1.82 bits per heavy atom. The number of para-hydroxylation sites is 1. The fourth-order valence-corrected chi connectivity index (χ4v) is 3.95. The van der Waals surface area contributed by atoms with Crippen LogP contribution in [0.4, 0.5) is 15.8 Å². The fourth-order valence-electron chi connectivity index (χ4n) is 3.95. The average molecular weight is 531 g/mol. The Morgan fingerprint density at radius 3 is 2.59 bits per heavy atom. The Morgan fingerprint density at radius 1 is 1.03 bits per heavy atom. The molecule has 0 bridgehead atoms. The van der Waals surface area contributed by atoms with Crippen molar-refractivity contribution in [2.24, 2.45) is 0 Å². The first-order chi connectivity index (χ1) is 18.9. The Hall–Kier alpha value is -5.12. The Kier molecular flexibility index (Phi) is 7.26. The van der Waals surface area contributed by atoms with Gasteiger partial charge in [0.05, 0.1) is 19.3 Å². The zero-order chi connectivity index (χ0) is 27.4. The van der Waals surface area contributed by atoms with Gasteiger partial charge in [-0.1, -0.05) is 12.1 Å². The number of ether oxygens (including phenoxy) is 3. The lowest BCUT2D eigenvalue weighted by Crippen LogP contribution is -2.38. The van der Waals surface area contributed by atoms with Gasteiger partial charge in [-0.2, -0.15) is 0 Å². The highest BCUT2D eigenvalue weighted by Gasteiger charge is 2.28. The summed E-state index contributed by atoms with van der Waals surface area (Å²) in [4.78, 5) is 39.6. The van der Waals surface area contributed by atoms with Gasteiger partial charge in [0.25, 0.3) is 11.8 Å². The topological polar surface area (TPSA) is 107 Å². The number of Topliss-reactive ketones (excluding diaryl/α,β-unsaturated/α-hetero) is 1. The molecule has 9 nitrogen and oxygen atoms in total. The normalized spacial score (nSPS) is 12.4. The quantitative estimate of drug-likeness (QED) is 0.308. The van der Waals surface area contributed by atoms with Crippen LogP contribution in [-0.4, -0.2) is 37.9 Å². The zero-order valence-corrected chi connectivity index (χ0v) is 20.8. The van der Waals surface area contributed by atoms with E-state index in [0.717, 1.165) is 0 Å². The van der Waals surface area contributed by atoms with Gasteiger partial charge in [0.15, 0.2) is 36.3 Å². The second kappa shape index (κ2) is 11.1. The molecule has 198 valence electrons. The largest absolute Gasteiger partial charge is 0.497 e. The van der Waals surface area contributed by atoms with Crippen LogP contribution in [0.5, 0.6) is 17.2 Å². The molecule has 10 heteroatoms. The van der Waals surface area contributed by atoms with Gasteiger partial charge in [0, 0.05) is 11.3 Å². The van der Waals surface area contributed by atoms with Crippen molar-refractivity contribution in [3.05, 3.63) is 102 Å². The van der Waals surface area contributed by atoms with Crippen LogP contribution in [0, 0.1) is 5.82 Å². The smallest absolute Gasteiger partial charge is 0.291 e. The maximum absolute atomic E-state index is 13.8. The molecule has 0 saturated heterocycles. The number of nitrogens with one attached hydrogen (secondary N) is 1. The molecule has 0 atom stereocenters. The molecule has 0 saturated carbocycles. The van der Waals surface area contributed by atoms with Gasteiger partial charge in [-0.15, -0.1) is 0 Å². The van der Waals surface area contributed by atoms with E-state index in [9.17, 15) is 18.8 Å². The third-order valence-corrected chi connectivity index (χ3v) is 5.97. The minimum absolute atomic E-state index is 0.00831. The lowest BCUT2D eigenvalue weighted by Gasteiger charge is -2.29. The van der Waals surface area contributed by atoms with E-state index in [2.05, 4.69) is 5.32 Å². The molecule has 1 aromatic heterocycles. The first-order valence-corrected chi connectivity index (χ1v) is 11.9. The summed E-state index contributed by atoms with van der Waals surface area (Å²) in [6.07, 6.45) is 0. The third kappa shape index (κ3) is 5.74. The van der Waals surface area contributed by atoms with Crippen LogP contribution in [0.15, 0.2) is 83.3 Å². The minimum Gasteiger partial charge on any atom is -0.497 e. The number of anilines is 2. The van der Waals surface area contributed by atoms with Crippen molar-refractivity contribution >= 4 is 29.0 Å². The maximum atomic E-state index is 13.8. The molecule has 0 aliphatic carbocycles. The Bertz CT molecular complexity index is 1530. The Labute approximate surface area is 222 Å². The van der Waals surface area contributed by atoms with Gasteiger partial charge in [0.1, 0.15) is 17.3 Å². The molecule has 0 unspecified atom stereocenters. The number of carbonyl (C=O) groups excluding carboxylic acids is 3. The highest BCUT2D eigenvalue weighted by atomic mass is 19.1. The molecular weight excluding hydrogens is 507 g/mol. The first kappa shape index (κ1) is 25.5. The average Bonchev–Trinajstić information content (AvgIpc) is 3.43. The molecule has 0 fully saturated rings. The van der Waals surface area contributed by atoms with Crippen molar-refractivity contribution in [1.29, 1.82) is 0 Å². The summed E-state index contributed by atoms with van der Waals surface area (Å²) in [5.41, 5.74) is 1.18. The summed E-state index contributed by atoms with van der Waals surface area (Å²) in [5.74, 6) is -0.333.